The van der Waals surface area contributed by atoms with Crippen LogP contribution in [0.15, 0.2) is 78.9 Å². The fourth-order valence-electron chi connectivity index (χ4n) is 2.98. The first-order valence-electron chi connectivity index (χ1n) is 9.47. The minimum absolute atomic E-state index is 0.0202. The molecule has 0 radical (unpaired) electrons. The summed E-state index contributed by atoms with van der Waals surface area (Å²) in [5, 5.41) is 10.6. The van der Waals surface area contributed by atoms with E-state index in [4.69, 9.17) is 4.74 Å². The minimum Gasteiger partial charge on any atom is -0.507 e. The van der Waals surface area contributed by atoms with E-state index < -0.39 is 0 Å². The smallest absolute Gasteiger partial charge is 0.167 e. The number of phenolic OH excluding ortho intramolecular Hbond substituents is 1. The largest absolute Gasteiger partial charge is 0.507 e. The van der Waals surface area contributed by atoms with Crippen LogP contribution in [0.2, 0.25) is 0 Å². The van der Waals surface area contributed by atoms with E-state index in [1.807, 2.05) is 80.6 Å². The Kier molecular flexibility index (Phi) is 5.20. The first kappa shape index (κ1) is 18.6. The van der Waals surface area contributed by atoms with Crippen molar-refractivity contribution in [2.45, 2.75) is 20.0 Å². The lowest BCUT2D eigenvalue weighted by Gasteiger charge is -2.12. The van der Waals surface area contributed by atoms with Crippen molar-refractivity contribution in [2.75, 3.05) is 0 Å². The van der Waals surface area contributed by atoms with Crippen LogP contribution in [0.5, 0.6) is 11.5 Å². The zero-order valence-corrected chi connectivity index (χ0v) is 16.3. The Balaban J connectivity index is 1.85. The van der Waals surface area contributed by atoms with Crippen LogP contribution in [-0.4, -0.2) is 26.2 Å². The summed E-state index contributed by atoms with van der Waals surface area (Å²) in [5.41, 5.74) is 2.29. The maximum atomic E-state index is 10.6. The number of phenols is 1. The maximum absolute atomic E-state index is 10.6. The minimum atomic E-state index is 0.0202. The van der Waals surface area contributed by atoms with Crippen LogP contribution in [0.4, 0.5) is 0 Å². The van der Waals surface area contributed by atoms with Gasteiger partial charge in [0.15, 0.2) is 17.5 Å². The van der Waals surface area contributed by atoms with Gasteiger partial charge in [0.2, 0.25) is 0 Å². The second kappa shape index (κ2) is 8.10. The first-order valence-corrected chi connectivity index (χ1v) is 9.47. The number of ether oxygens (including phenoxy) is 1. The normalized spacial score (nSPS) is 10.9. The number of hydrogen-bond acceptors (Lipinski definition) is 5. The van der Waals surface area contributed by atoms with Gasteiger partial charge in [0.1, 0.15) is 11.5 Å². The molecule has 0 amide bonds. The molecule has 0 unspecified atom stereocenters. The van der Waals surface area contributed by atoms with Gasteiger partial charge < -0.3 is 9.84 Å². The lowest BCUT2D eigenvalue weighted by atomic mass is 10.1. The molecule has 5 heteroatoms. The van der Waals surface area contributed by atoms with Gasteiger partial charge in [0.25, 0.3) is 0 Å². The zero-order valence-electron chi connectivity index (χ0n) is 16.3. The van der Waals surface area contributed by atoms with Crippen molar-refractivity contribution in [2.24, 2.45) is 0 Å². The van der Waals surface area contributed by atoms with Crippen LogP contribution in [0, 0.1) is 0 Å². The Labute approximate surface area is 169 Å². The number of aromatic nitrogens is 3. The van der Waals surface area contributed by atoms with Gasteiger partial charge in [-0.1, -0.05) is 60.7 Å². The number of nitrogens with zero attached hydrogens (tertiary/aromatic N) is 3. The molecule has 5 nitrogen and oxygen atoms in total. The maximum Gasteiger partial charge on any atom is 0.167 e. The monoisotopic (exact) mass is 383 g/mol. The average Bonchev–Trinajstić information content (AvgIpc) is 2.74. The number of rotatable bonds is 5. The summed E-state index contributed by atoms with van der Waals surface area (Å²) in [6.45, 7) is 3.88. The molecule has 0 aliphatic rings. The third-order valence-corrected chi connectivity index (χ3v) is 4.28. The van der Waals surface area contributed by atoms with Gasteiger partial charge in [0, 0.05) is 17.2 Å². The first-order chi connectivity index (χ1) is 14.1. The van der Waals surface area contributed by atoms with Crippen molar-refractivity contribution >= 4 is 0 Å². The highest BCUT2D eigenvalue weighted by Gasteiger charge is 2.15. The molecule has 3 aromatic carbocycles. The topological polar surface area (TPSA) is 68.1 Å². The standard InChI is InChI=1S/C24H21N3O2/c1-16(2)29-19-13-14-20(21(28)15-19)24-26-22(17-9-5-3-6-10-17)25-23(27-24)18-11-7-4-8-12-18/h3-16,28H,1-2H3. The Hall–Kier alpha value is -3.73. The van der Waals surface area contributed by atoms with Crippen molar-refractivity contribution in [1.29, 1.82) is 0 Å². The second-order valence-corrected chi connectivity index (χ2v) is 6.88. The Bertz CT molecular complexity index is 1060. The summed E-state index contributed by atoms with van der Waals surface area (Å²) >= 11 is 0. The van der Waals surface area contributed by atoms with Crippen molar-refractivity contribution < 1.29 is 9.84 Å². The fourth-order valence-corrected chi connectivity index (χ4v) is 2.98. The third kappa shape index (κ3) is 4.24. The van der Waals surface area contributed by atoms with Gasteiger partial charge in [-0.05, 0) is 26.0 Å². The Morgan fingerprint density at radius 3 is 1.69 bits per heavy atom. The van der Waals surface area contributed by atoms with E-state index in [2.05, 4.69) is 15.0 Å². The molecule has 0 aliphatic carbocycles. The molecule has 144 valence electrons. The van der Waals surface area contributed by atoms with Gasteiger partial charge in [-0.3, -0.25) is 0 Å². The fraction of sp³-hybridized carbons (Fsp3) is 0.125. The highest BCUT2D eigenvalue weighted by molar-refractivity contribution is 5.70. The molecule has 0 spiro atoms. The molecule has 1 aromatic heterocycles. The van der Waals surface area contributed by atoms with Crippen LogP contribution in [-0.2, 0) is 0 Å². The summed E-state index contributed by atoms with van der Waals surface area (Å²) in [4.78, 5) is 13.9. The van der Waals surface area contributed by atoms with Crippen LogP contribution >= 0.6 is 0 Å². The summed E-state index contributed by atoms with van der Waals surface area (Å²) in [6.07, 6.45) is 0.0202. The van der Waals surface area contributed by atoms with E-state index in [0.29, 0.717) is 28.8 Å². The van der Waals surface area contributed by atoms with Crippen molar-refractivity contribution in [3.8, 4) is 45.7 Å². The Morgan fingerprint density at radius 2 is 1.21 bits per heavy atom. The summed E-state index contributed by atoms with van der Waals surface area (Å²) in [5.74, 6) is 2.17. The van der Waals surface area contributed by atoms with Crippen LogP contribution in [0.25, 0.3) is 34.2 Å². The molecule has 4 rings (SSSR count). The second-order valence-electron chi connectivity index (χ2n) is 6.88. The van der Waals surface area contributed by atoms with E-state index in [0.717, 1.165) is 11.1 Å². The number of benzene rings is 3. The lowest BCUT2D eigenvalue weighted by molar-refractivity contribution is 0.241. The number of hydrogen-bond donors (Lipinski definition) is 1. The predicted octanol–water partition coefficient (Wildman–Crippen LogP) is 5.37. The van der Waals surface area contributed by atoms with Crippen LogP contribution in [0.3, 0.4) is 0 Å². The lowest BCUT2D eigenvalue weighted by Crippen LogP contribution is -2.05. The molecule has 29 heavy (non-hydrogen) atoms. The van der Waals surface area contributed by atoms with Gasteiger partial charge >= 0.3 is 0 Å². The zero-order chi connectivity index (χ0) is 20.2. The van der Waals surface area contributed by atoms with Crippen molar-refractivity contribution in [3.05, 3.63) is 78.9 Å². The summed E-state index contributed by atoms with van der Waals surface area (Å²) in [7, 11) is 0. The Morgan fingerprint density at radius 1 is 0.690 bits per heavy atom. The van der Waals surface area contributed by atoms with E-state index in [9.17, 15) is 5.11 Å². The molecule has 1 N–H and O–H groups in total. The summed E-state index contributed by atoms with van der Waals surface area (Å²) < 4.78 is 5.66. The van der Waals surface area contributed by atoms with Crippen LogP contribution in [0.1, 0.15) is 13.8 Å². The molecule has 0 saturated carbocycles. The molecular formula is C24H21N3O2. The molecule has 0 atom stereocenters. The molecule has 0 aliphatic heterocycles. The van der Waals surface area contributed by atoms with Gasteiger partial charge in [-0.2, -0.15) is 0 Å². The molecule has 4 aromatic rings. The SMILES string of the molecule is CC(C)Oc1ccc(-c2nc(-c3ccccc3)nc(-c3ccccc3)n2)c(O)c1. The highest BCUT2D eigenvalue weighted by atomic mass is 16.5. The summed E-state index contributed by atoms with van der Waals surface area (Å²) in [6, 6.07) is 24.6. The van der Waals surface area contributed by atoms with E-state index in [1.54, 1.807) is 12.1 Å². The molecule has 0 saturated heterocycles. The van der Waals surface area contributed by atoms with Gasteiger partial charge in [-0.15, -0.1) is 0 Å². The predicted molar refractivity (Wildman–Crippen MR) is 114 cm³/mol. The average molecular weight is 383 g/mol. The van der Waals surface area contributed by atoms with Crippen LogP contribution < -0.4 is 4.74 Å². The quantitative estimate of drug-likeness (QED) is 0.502. The van der Waals surface area contributed by atoms with E-state index >= 15 is 0 Å². The van der Waals surface area contributed by atoms with Gasteiger partial charge in [-0.25, -0.2) is 15.0 Å². The van der Waals surface area contributed by atoms with Gasteiger partial charge in [0.05, 0.1) is 11.7 Å². The molecule has 1 heterocycles. The number of aromatic hydroxyl groups is 1. The molecule has 0 fully saturated rings. The molecule has 0 bridgehead atoms. The third-order valence-electron chi connectivity index (χ3n) is 4.28. The van der Waals surface area contributed by atoms with E-state index in [-0.39, 0.29) is 11.9 Å². The van der Waals surface area contributed by atoms with E-state index in [1.165, 1.54) is 0 Å². The molecular weight excluding hydrogens is 362 g/mol. The highest BCUT2D eigenvalue weighted by Crippen LogP contribution is 2.32. The van der Waals surface area contributed by atoms with Crippen molar-refractivity contribution in [1.82, 2.24) is 15.0 Å². The van der Waals surface area contributed by atoms with Crippen molar-refractivity contribution in [3.63, 3.8) is 0 Å².